The SMILES string of the molecule is Cc1ccc(-n2c(SCC3CCCCO3)nnc2-c2cccnc2)c(C)c1. The van der Waals surface area contributed by atoms with Crippen molar-refractivity contribution in [1.29, 1.82) is 0 Å². The fourth-order valence-corrected chi connectivity index (χ4v) is 4.44. The van der Waals surface area contributed by atoms with E-state index >= 15 is 0 Å². The number of rotatable bonds is 5. The summed E-state index contributed by atoms with van der Waals surface area (Å²) in [4.78, 5) is 4.25. The van der Waals surface area contributed by atoms with Gasteiger partial charge in [0.05, 0.1) is 11.8 Å². The Morgan fingerprint density at radius 2 is 2.11 bits per heavy atom. The molecule has 2 aromatic heterocycles. The summed E-state index contributed by atoms with van der Waals surface area (Å²) in [5.74, 6) is 1.72. The molecule has 1 saturated heterocycles. The first kappa shape index (κ1) is 18.2. The summed E-state index contributed by atoms with van der Waals surface area (Å²) in [5.41, 5.74) is 4.52. The fourth-order valence-electron chi connectivity index (χ4n) is 3.43. The smallest absolute Gasteiger partial charge is 0.196 e. The Hall–Kier alpha value is -2.18. The highest BCUT2D eigenvalue weighted by Crippen LogP contribution is 2.31. The van der Waals surface area contributed by atoms with Crippen LogP contribution >= 0.6 is 11.8 Å². The normalized spacial score (nSPS) is 17.2. The van der Waals surface area contributed by atoms with Gasteiger partial charge in [0.25, 0.3) is 0 Å². The summed E-state index contributed by atoms with van der Waals surface area (Å²) in [6.07, 6.45) is 7.45. The number of hydrogen-bond donors (Lipinski definition) is 0. The summed E-state index contributed by atoms with van der Waals surface area (Å²) in [6.45, 7) is 5.12. The largest absolute Gasteiger partial charge is 0.377 e. The quantitative estimate of drug-likeness (QED) is 0.605. The van der Waals surface area contributed by atoms with E-state index in [2.05, 4.69) is 51.8 Å². The van der Waals surface area contributed by atoms with E-state index in [0.717, 1.165) is 41.0 Å². The minimum atomic E-state index is 0.301. The first-order valence-corrected chi connectivity index (χ1v) is 10.4. The summed E-state index contributed by atoms with van der Waals surface area (Å²) in [5, 5.41) is 9.91. The second-order valence-corrected chi connectivity index (χ2v) is 7.96. The van der Waals surface area contributed by atoms with Gasteiger partial charge >= 0.3 is 0 Å². The number of thioether (sulfide) groups is 1. The Kier molecular flexibility index (Phi) is 5.55. The van der Waals surface area contributed by atoms with Crippen LogP contribution in [-0.2, 0) is 4.74 Å². The van der Waals surface area contributed by atoms with E-state index in [0.29, 0.717) is 6.10 Å². The Bertz CT molecular complexity index is 904. The van der Waals surface area contributed by atoms with Crippen LogP contribution in [0.4, 0.5) is 0 Å². The predicted molar refractivity (Wildman–Crippen MR) is 108 cm³/mol. The van der Waals surface area contributed by atoms with Gasteiger partial charge in [-0.3, -0.25) is 9.55 Å². The minimum absolute atomic E-state index is 0.301. The lowest BCUT2D eigenvalue weighted by Crippen LogP contribution is -2.21. The monoisotopic (exact) mass is 380 g/mol. The van der Waals surface area contributed by atoms with Crippen molar-refractivity contribution >= 4 is 11.8 Å². The first-order chi connectivity index (χ1) is 13.2. The predicted octanol–water partition coefficient (Wildman–Crippen LogP) is 4.61. The van der Waals surface area contributed by atoms with Crippen LogP contribution in [0.1, 0.15) is 30.4 Å². The lowest BCUT2D eigenvalue weighted by molar-refractivity contribution is 0.0315. The highest BCUT2D eigenvalue weighted by molar-refractivity contribution is 7.99. The molecule has 4 rings (SSSR count). The molecule has 3 heterocycles. The molecule has 5 nitrogen and oxygen atoms in total. The molecule has 27 heavy (non-hydrogen) atoms. The summed E-state index contributed by atoms with van der Waals surface area (Å²) < 4.78 is 8.04. The van der Waals surface area contributed by atoms with E-state index in [9.17, 15) is 0 Å². The van der Waals surface area contributed by atoms with Crippen LogP contribution in [0.5, 0.6) is 0 Å². The van der Waals surface area contributed by atoms with Crippen molar-refractivity contribution in [3.63, 3.8) is 0 Å². The molecule has 1 fully saturated rings. The number of benzene rings is 1. The summed E-state index contributed by atoms with van der Waals surface area (Å²) in [6, 6.07) is 10.4. The molecule has 3 aromatic rings. The Labute approximate surface area is 164 Å². The Morgan fingerprint density at radius 3 is 2.85 bits per heavy atom. The van der Waals surface area contributed by atoms with Crippen LogP contribution < -0.4 is 0 Å². The fraction of sp³-hybridized carbons (Fsp3) is 0.381. The third kappa shape index (κ3) is 4.06. The van der Waals surface area contributed by atoms with E-state index in [4.69, 9.17) is 4.74 Å². The molecule has 140 valence electrons. The van der Waals surface area contributed by atoms with E-state index in [-0.39, 0.29) is 0 Å². The van der Waals surface area contributed by atoms with Crippen LogP contribution in [0.2, 0.25) is 0 Å². The van der Waals surface area contributed by atoms with Crippen molar-refractivity contribution in [2.24, 2.45) is 0 Å². The maximum Gasteiger partial charge on any atom is 0.196 e. The number of pyridine rings is 1. The Balaban J connectivity index is 1.71. The molecule has 0 aliphatic carbocycles. The summed E-state index contributed by atoms with van der Waals surface area (Å²) in [7, 11) is 0. The number of nitrogens with zero attached hydrogens (tertiary/aromatic N) is 4. The maximum atomic E-state index is 5.89. The zero-order valence-electron chi connectivity index (χ0n) is 15.8. The highest BCUT2D eigenvalue weighted by atomic mass is 32.2. The minimum Gasteiger partial charge on any atom is -0.377 e. The molecule has 1 aromatic carbocycles. The molecule has 0 saturated carbocycles. The van der Waals surface area contributed by atoms with Crippen molar-refractivity contribution < 1.29 is 4.74 Å². The van der Waals surface area contributed by atoms with Crippen molar-refractivity contribution in [1.82, 2.24) is 19.7 Å². The van der Waals surface area contributed by atoms with Crippen LogP contribution in [0.15, 0.2) is 47.9 Å². The van der Waals surface area contributed by atoms with Crippen LogP contribution in [0, 0.1) is 13.8 Å². The van der Waals surface area contributed by atoms with Crippen molar-refractivity contribution in [3.05, 3.63) is 53.9 Å². The standard InChI is InChI=1S/C21H24N4OS/c1-15-8-9-19(16(2)12-15)25-20(17-6-5-10-22-13-17)23-24-21(25)27-14-18-7-3-4-11-26-18/h5-6,8-10,12-13,18H,3-4,7,11,14H2,1-2H3. The number of aromatic nitrogens is 4. The van der Waals surface area contributed by atoms with Gasteiger partial charge in [0.2, 0.25) is 0 Å². The van der Waals surface area contributed by atoms with Crippen molar-refractivity contribution in [3.8, 4) is 17.1 Å². The van der Waals surface area contributed by atoms with Crippen LogP contribution in [-0.4, -0.2) is 38.2 Å². The first-order valence-electron chi connectivity index (χ1n) is 9.40. The third-order valence-electron chi connectivity index (χ3n) is 4.82. The van der Waals surface area contributed by atoms with Crippen molar-refractivity contribution in [2.75, 3.05) is 12.4 Å². The van der Waals surface area contributed by atoms with E-state index < -0.39 is 0 Å². The molecule has 1 atom stereocenters. The number of ether oxygens (including phenoxy) is 1. The molecule has 1 aliphatic heterocycles. The van der Waals surface area contributed by atoms with Gasteiger partial charge in [0.15, 0.2) is 11.0 Å². The summed E-state index contributed by atoms with van der Waals surface area (Å²) >= 11 is 1.72. The van der Waals surface area contributed by atoms with Crippen LogP contribution in [0.25, 0.3) is 17.1 Å². The van der Waals surface area contributed by atoms with Gasteiger partial charge in [0, 0.05) is 30.3 Å². The topological polar surface area (TPSA) is 52.8 Å². The molecule has 0 N–H and O–H groups in total. The van der Waals surface area contributed by atoms with Gasteiger partial charge in [0.1, 0.15) is 0 Å². The molecular formula is C21H24N4OS. The number of hydrogen-bond acceptors (Lipinski definition) is 5. The average molecular weight is 381 g/mol. The highest BCUT2D eigenvalue weighted by Gasteiger charge is 2.20. The van der Waals surface area contributed by atoms with Crippen LogP contribution in [0.3, 0.4) is 0 Å². The molecule has 0 radical (unpaired) electrons. The Morgan fingerprint density at radius 1 is 1.19 bits per heavy atom. The van der Waals surface area contributed by atoms with Gasteiger partial charge in [-0.1, -0.05) is 29.5 Å². The average Bonchev–Trinajstić information content (AvgIpc) is 3.11. The molecule has 0 amide bonds. The second-order valence-electron chi connectivity index (χ2n) is 6.97. The van der Waals surface area contributed by atoms with Gasteiger partial charge in [-0.15, -0.1) is 10.2 Å². The van der Waals surface area contributed by atoms with Crippen molar-refractivity contribution in [2.45, 2.75) is 44.4 Å². The molecular weight excluding hydrogens is 356 g/mol. The van der Waals surface area contributed by atoms with Gasteiger partial charge in [-0.05, 0) is 56.9 Å². The zero-order valence-corrected chi connectivity index (χ0v) is 16.6. The van der Waals surface area contributed by atoms with E-state index in [1.807, 2.05) is 18.3 Å². The third-order valence-corrected chi connectivity index (χ3v) is 5.88. The molecule has 6 heteroatoms. The lowest BCUT2D eigenvalue weighted by atomic mass is 10.1. The number of aryl methyl sites for hydroxylation is 2. The molecule has 0 spiro atoms. The van der Waals surface area contributed by atoms with Gasteiger partial charge in [-0.25, -0.2) is 0 Å². The van der Waals surface area contributed by atoms with E-state index in [1.165, 1.54) is 24.0 Å². The molecule has 1 aliphatic rings. The van der Waals surface area contributed by atoms with Gasteiger partial charge < -0.3 is 4.74 Å². The second kappa shape index (κ2) is 8.23. The van der Waals surface area contributed by atoms with Gasteiger partial charge in [-0.2, -0.15) is 0 Å². The zero-order chi connectivity index (χ0) is 18.6. The molecule has 0 bridgehead atoms. The van der Waals surface area contributed by atoms with E-state index in [1.54, 1.807) is 18.0 Å². The maximum absolute atomic E-state index is 5.89. The molecule has 1 unspecified atom stereocenters. The lowest BCUT2D eigenvalue weighted by Gasteiger charge is -2.22.